The summed E-state index contributed by atoms with van der Waals surface area (Å²) in [4.78, 5) is 14.7. The zero-order valence-electron chi connectivity index (χ0n) is 14.7. The van der Waals surface area contributed by atoms with Crippen LogP contribution in [0.25, 0.3) is 0 Å². The molecule has 3 aromatic rings. The number of pyridine rings is 1. The van der Waals surface area contributed by atoms with E-state index in [9.17, 15) is 22.0 Å². The second-order valence-electron chi connectivity index (χ2n) is 5.77. The molecule has 3 rings (SSSR count). The number of nitrogens with two attached hydrogens (primary N) is 1. The first-order valence-corrected chi connectivity index (χ1v) is 9.59. The Hall–Kier alpha value is -3.77. The summed E-state index contributed by atoms with van der Waals surface area (Å²) in [6.45, 7) is 0. The molecule has 0 saturated carbocycles. The molecule has 1 amide bonds. The first-order valence-electron chi connectivity index (χ1n) is 8.10. The molecule has 6 nitrogen and oxygen atoms in total. The van der Waals surface area contributed by atoms with Crippen molar-refractivity contribution in [1.29, 1.82) is 0 Å². The predicted octanol–water partition coefficient (Wildman–Crippen LogP) is 2.66. The highest BCUT2D eigenvalue weighted by atomic mass is 32.2. The number of sulfonamides is 1. The summed E-state index contributed by atoms with van der Waals surface area (Å²) in [5.41, 5.74) is 4.59. The minimum atomic E-state index is -4.12. The number of nitrogens with one attached hydrogen (secondary N) is 1. The quantitative estimate of drug-likeness (QED) is 0.642. The van der Waals surface area contributed by atoms with Crippen LogP contribution in [0.5, 0.6) is 0 Å². The number of anilines is 1. The van der Waals surface area contributed by atoms with Crippen LogP contribution in [-0.2, 0) is 10.0 Å². The maximum atomic E-state index is 14.7. The summed E-state index contributed by atoms with van der Waals surface area (Å²) in [5, 5.41) is 0. The van der Waals surface area contributed by atoms with Crippen molar-refractivity contribution in [3.63, 3.8) is 0 Å². The van der Waals surface area contributed by atoms with E-state index >= 15 is 0 Å². The van der Waals surface area contributed by atoms with Crippen LogP contribution in [0.3, 0.4) is 0 Å². The van der Waals surface area contributed by atoms with Crippen molar-refractivity contribution in [3.05, 3.63) is 89.2 Å². The van der Waals surface area contributed by atoms with Gasteiger partial charge >= 0.3 is 0 Å². The molecular formula is C20H13F2N3O3S. The van der Waals surface area contributed by atoms with Crippen LogP contribution in [0.1, 0.15) is 21.5 Å². The Bertz CT molecular complexity index is 1250. The average molecular weight is 413 g/mol. The summed E-state index contributed by atoms with van der Waals surface area (Å²) in [6, 6.07) is 10.4. The predicted molar refractivity (Wildman–Crippen MR) is 102 cm³/mol. The molecule has 1 aromatic heterocycles. The van der Waals surface area contributed by atoms with Gasteiger partial charge in [-0.15, -0.1) is 0 Å². The van der Waals surface area contributed by atoms with Gasteiger partial charge in [-0.3, -0.25) is 14.5 Å². The minimum absolute atomic E-state index is 0.181. The third kappa shape index (κ3) is 4.56. The highest BCUT2D eigenvalue weighted by molar-refractivity contribution is 7.92. The number of primary amides is 1. The van der Waals surface area contributed by atoms with E-state index in [0.717, 1.165) is 18.3 Å². The molecule has 0 aliphatic heterocycles. The zero-order valence-corrected chi connectivity index (χ0v) is 15.5. The van der Waals surface area contributed by atoms with Crippen molar-refractivity contribution in [2.45, 2.75) is 4.90 Å². The van der Waals surface area contributed by atoms with Gasteiger partial charge in [-0.05, 0) is 42.5 Å². The summed E-state index contributed by atoms with van der Waals surface area (Å²) in [7, 11) is -4.12. The summed E-state index contributed by atoms with van der Waals surface area (Å²) >= 11 is 0. The average Bonchev–Trinajstić information content (AvgIpc) is 2.71. The third-order valence-corrected chi connectivity index (χ3v) is 5.11. The Morgan fingerprint density at radius 3 is 2.55 bits per heavy atom. The van der Waals surface area contributed by atoms with E-state index < -0.39 is 38.8 Å². The van der Waals surface area contributed by atoms with Crippen LogP contribution >= 0.6 is 0 Å². The van der Waals surface area contributed by atoms with Crippen molar-refractivity contribution < 1.29 is 22.0 Å². The molecule has 0 unspecified atom stereocenters. The van der Waals surface area contributed by atoms with Gasteiger partial charge in [-0.2, -0.15) is 0 Å². The molecule has 2 aromatic carbocycles. The molecule has 3 N–H and O–H groups in total. The highest BCUT2D eigenvalue weighted by Crippen LogP contribution is 2.23. The topological polar surface area (TPSA) is 102 Å². The maximum Gasteiger partial charge on any atom is 0.263 e. The Morgan fingerprint density at radius 2 is 1.86 bits per heavy atom. The number of halogens is 2. The fourth-order valence-electron chi connectivity index (χ4n) is 2.34. The molecule has 0 saturated heterocycles. The summed E-state index contributed by atoms with van der Waals surface area (Å²) in [5.74, 6) is 2.06. The smallest absolute Gasteiger partial charge is 0.263 e. The number of hydrogen-bond donors (Lipinski definition) is 2. The van der Waals surface area contributed by atoms with Gasteiger partial charge in [0, 0.05) is 23.5 Å². The second kappa shape index (κ2) is 8.08. The highest BCUT2D eigenvalue weighted by Gasteiger charge is 2.19. The Kier molecular flexibility index (Phi) is 5.57. The lowest BCUT2D eigenvalue weighted by Gasteiger charge is -2.10. The van der Waals surface area contributed by atoms with E-state index in [1.54, 1.807) is 0 Å². The Balaban J connectivity index is 1.97. The van der Waals surface area contributed by atoms with Crippen LogP contribution in [0.2, 0.25) is 0 Å². The molecule has 0 bridgehead atoms. The first-order chi connectivity index (χ1) is 13.8. The second-order valence-corrected chi connectivity index (χ2v) is 7.46. The van der Waals surface area contributed by atoms with Crippen molar-refractivity contribution in [3.8, 4) is 11.8 Å². The number of carbonyl (C=O) groups is 1. The van der Waals surface area contributed by atoms with Crippen LogP contribution in [0, 0.1) is 23.5 Å². The number of amides is 1. The zero-order chi connectivity index (χ0) is 21.0. The molecular weight excluding hydrogens is 400 g/mol. The van der Waals surface area contributed by atoms with E-state index in [0.29, 0.717) is 5.56 Å². The van der Waals surface area contributed by atoms with Gasteiger partial charge in [-0.25, -0.2) is 17.2 Å². The van der Waals surface area contributed by atoms with E-state index in [2.05, 4.69) is 21.5 Å². The van der Waals surface area contributed by atoms with Gasteiger partial charge in [0.2, 0.25) is 5.91 Å². The van der Waals surface area contributed by atoms with Crippen molar-refractivity contribution >= 4 is 21.6 Å². The maximum absolute atomic E-state index is 14.7. The molecule has 0 radical (unpaired) electrons. The number of carbonyl (C=O) groups excluding carboxylic acids is 1. The monoisotopic (exact) mass is 413 g/mol. The molecule has 29 heavy (non-hydrogen) atoms. The molecule has 0 aliphatic carbocycles. The van der Waals surface area contributed by atoms with Crippen LogP contribution in [0.4, 0.5) is 14.5 Å². The van der Waals surface area contributed by atoms with E-state index in [-0.39, 0.29) is 10.5 Å². The number of benzene rings is 2. The van der Waals surface area contributed by atoms with Gasteiger partial charge in [0.05, 0.1) is 11.3 Å². The van der Waals surface area contributed by atoms with E-state index in [1.807, 2.05) is 0 Å². The summed E-state index contributed by atoms with van der Waals surface area (Å²) < 4.78 is 55.6. The van der Waals surface area contributed by atoms with Crippen LogP contribution < -0.4 is 10.5 Å². The van der Waals surface area contributed by atoms with Crippen LogP contribution in [0.15, 0.2) is 65.8 Å². The van der Waals surface area contributed by atoms with Crippen LogP contribution in [-0.4, -0.2) is 19.3 Å². The molecule has 0 fully saturated rings. The molecule has 0 aliphatic rings. The van der Waals surface area contributed by atoms with Gasteiger partial charge in [-0.1, -0.05) is 17.9 Å². The molecule has 0 spiro atoms. The summed E-state index contributed by atoms with van der Waals surface area (Å²) in [6.07, 6.45) is 2.48. The van der Waals surface area contributed by atoms with E-state index in [1.165, 1.54) is 42.6 Å². The third-order valence-electron chi connectivity index (χ3n) is 3.76. The Labute approximate surface area is 165 Å². The van der Waals surface area contributed by atoms with Gasteiger partial charge in [0.1, 0.15) is 10.7 Å². The van der Waals surface area contributed by atoms with Gasteiger partial charge in [0.25, 0.3) is 10.0 Å². The lowest BCUT2D eigenvalue weighted by Crippen LogP contribution is -2.14. The first kappa shape index (κ1) is 20.0. The van der Waals surface area contributed by atoms with Crippen molar-refractivity contribution in [2.75, 3.05) is 4.72 Å². The normalized spacial score (nSPS) is 10.7. The fourth-order valence-corrected chi connectivity index (χ4v) is 3.36. The number of rotatable bonds is 4. The SMILES string of the molecule is NC(=O)c1cccc(C#Cc2c(F)ccc(NS(=O)(=O)c3cccnc3)c2F)c1. The minimum Gasteiger partial charge on any atom is -0.366 e. The lowest BCUT2D eigenvalue weighted by atomic mass is 10.1. The number of aromatic nitrogens is 1. The standard InChI is InChI=1S/C20H13F2N3O3S/c21-17-8-9-18(25-29(27,28)15-5-2-10-24-12-15)19(22)16(17)7-6-13-3-1-4-14(11-13)20(23)26/h1-5,8-12,25H,(H2,23,26). The molecule has 146 valence electrons. The fraction of sp³-hybridized carbons (Fsp3) is 0. The molecule has 1 heterocycles. The van der Waals surface area contributed by atoms with E-state index in [4.69, 9.17) is 5.73 Å². The lowest BCUT2D eigenvalue weighted by molar-refractivity contribution is 0.1000. The van der Waals surface area contributed by atoms with Crippen molar-refractivity contribution in [1.82, 2.24) is 4.98 Å². The number of hydrogen-bond acceptors (Lipinski definition) is 4. The van der Waals surface area contributed by atoms with Gasteiger partial charge in [0.15, 0.2) is 5.82 Å². The van der Waals surface area contributed by atoms with Crippen molar-refractivity contribution in [2.24, 2.45) is 5.73 Å². The largest absolute Gasteiger partial charge is 0.366 e. The molecule has 0 atom stereocenters. The molecule has 9 heteroatoms. The van der Waals surface area contributed by atoms with Gasteiger partial charge < -0.3 is 5.73 Å². The Morgan fingerprint density at radius 1 is 1.07 bits per heavy atom. The number of nitrogens with zero attached hydrogens (tertiary/aromatic N) is 1.